The number of aromatic nitrogens is 1. The smallest absolute Gasteiger partial charge is 0.265 e. The molecule has 8 heteroatoms. The van der Waals surface area contributed by atoms with Crippen LogP contribution in [0.15, 0.2) is 23.0 Å². The zero-order valence-corrected chi connectivity index (χ0v) is 16.7. The summed E-state index contributed by atoms with van der Waals surface area (Å²) in [6.07, 6.45) is 2.75. The van der Waals surface area contributed by atoms with E-state index in [0.29, 0.717) is 31.9 Å². The number of anilines is 1. The number of aryl methyl sites for hydroxylation is 1. The second kappa shape index (κ2) is 6.86. The summed E-state index contributed by atoms with van der Waals surface area (Å²) in [6, 6.07) is 4.57. The Balaban J connectivity index is 1.79. The number of fused-ring (bicyclic) bond motifs is 3. The van der Waals surface area contributed by atoms with Gasteiger partial charge in [0.2, 0.25) is 0 Å². The van der Waals surface area contributed by atoms with Gasteiger partial charge in [0.05, 0.1) is 5.39 Å². The van der Waals surface area contributed by atoms with E-state index in [1.165, 1.54) is 29.5 Å². The molecule has 0 unspecified atom stereocenters. The highest BCUT2D eigenvalue weighted by Gasteiger charge is 2.27. The van der Waals surface area contributed by atoms with Gasteiger partial charge in [-0.2, -0.15) is 0 Å². The average Bonchev–Trinajstić information content (AvgIpc) is 2.90. The van der Waals surface area contributed by atoms with E-state index in [4.69, 9.17) is 23.2 Å². The summed E-state index contributed by atoms with van der Waals surface area (Å²) in [5.74, 6) is -0.417. The first-order chi connectivity index (χ1) is 12.8. The summed E-state index contributed by atoms with van der Waals surface area (Å²) in [4.78, 5) is 29.7. The number of hydrogen-bond acceptors (Lipinski definition) is 4. The molecule has 5 nitrogen and oxygen atoms in total. The first-order valence-electron chi connectivity index (χ1n) is 8.50. The summed E-state index contributed by atoms with van der Waals surface area (Å²) >= 11 is 13.4. The van der Waals surface area contributed by atoms with Crippen molar-refractivity contribution in [3.05, 3.63) is 54.6 Å². The molecule has 0 saturated carbocycles. The molecule has 1 aromatic carbocycles. The molecule has 27 heavy (non-hydrogen) atoms. The van der Waals surface area contributed by atoms with E-state index in [-0.39, 0.29) is 11.3 Å². The van der Waals surface area contributed by atoms with Gasteiger partial charge in [-0.25, -0.2) is 0 Å². The molecule has 1 atom stereocenters. The van der Waals surface area contributed by atoms with Gasteiger partial charge in [0.15, 0.2) is 0 Å². The lowest BCUT2D eigenvalue weighted by molar-refractivity contribution is 0.102. The van der Waals surface area contributed by atoms with Crippen LogP contribution in [0.3, 0.4) is 0 Å². The highest BCUT2D eigenvalue weighted by Crippen LogP contribution is 2.41. The fourth-order valence-corrected chi connectivity index (χ4v) is 5.45. The third kappa shape index (κ3) is 3.33. The van der Waals surface area contributed by atoms with E-state index < -0.39 is 11.5 Å². The van der Waals surface area contributed by atoms with Crippen molar-refractivity contribution in [2.45, 2.75) is 26.2 Å². The third-order valence-electron chi connectivity index (χ3n) is 4.79. The molecule has 0 saturated heterocycles. The van der Waals surface area contributed by atoms with Crippen LogP contribution in [-0.4, -0.2) is 16.0 Å². The van der Waals surface area contributed by atoms with Crippen molar-refractivity contribution >= 4 is 56.3 Å². The Kier molecular flexibility index (Phi) is 4.66. The Hall–Kier alpha value is -2.02. The van der Waals surface area contributed by atoms with E-state index in [2.05, 4.69) is 17.2 Å². The van der Waals surface area contributed by atoms with Gasteiger partial charge >= 0.3 is 0 Å². The van der Waals surface area contributed by atoms with E-state index in [1.54, 1.807) is 0 Å². The van der Waals surface area contributed by atoms with Crippen LogP contribution in [0.5, 0.6) is 5.75 Å². The summed E-state index contributed by atoms with van der Waals surface area (Å²) < 4.78 is 0. The van der Waals surface area contributed by atoms with Crippen molar-refractivity contribution in [3.63, 3.8) is 0 Å². The van der Waals surface area contributed by atoms with Crippen LogP contribution in [0, 0.1) is 5.92 Å². The van der Waals surface area contributed by atoms with Crippen molar-refractivity contribution in [1.82, 2.24) is 4.98 Å². The number of amides is 1. The molecule has 1 aliphatic carbocycles. The Labute approximate surface area is 168 Å². The van der Waals surface area contributed by atoms with Gasteiger partial charge < -0.3 is 15.4 Å². The SMILES string of the molecule is C[C@@H]1CCc2c(sc3[nH]c(=O)c(C(=O)Nc4cc(Cl)cc(Cl)c4)c(O)c23)C1. The van der Waals surface area contributed by atoms with E-state index in [9.17, 15) is 14.7 Å². The second-order valence-corrected chi connectivity index (χ2v) is 8.82. The summed E-state index contributed by atoms with van der Waals surface area (Å²) in [6.45, 7) is 2.19. The molecular weight excluding hydrogens is 407 g/mol. The number of aromatic amines is 1. The van der Waals surface area contributed by atoms with E-state index in [0.717, 1.165) is 29.7 Å². The first kappa shape index (κ1) is 18.3. The number of hydrogen-bond donors (Lipinski definition) is 3. The zero-order chi connectivity index (χ0) is 19.3. The average molecular weight is 423 g/mol. The molecule has 0 aliphatic heterocycles. The monoisotopic (exact) mass is 422 g/mol. The number of thiophene rings is 1. The molecule has 1 aliphatic rings. The van der Waals surface area contributed by atoms with Gasteiger partial charge in [0.25, 0.3) is 11.5 Å². The Morgan fingerprint density at radius 2 is 2.00 bits per heavy atom. The Morgan fingerprint density at radius 3 is 2.70 bits per heavy atom. The standard InChI is InChI=1S/C19H16Cl2N2O3S/c1-8-2-3-12-13(4-8)27-19-14(12)16(24)15(18(26)23-19)17(25)22-11-6-9(20)5-10(21)7-11/h5-8H,2-4H2,1H3,(H,22,25)(H2,23,24,26)/t8-/m1/s1. The molecule has 0 fully saturated rings. The summed E-state index contributed by atoms with van der Waals surface area (Å²) in [7, 11) is 0. The molecule has 2 heterocycles. The maximum Gasteiger partial charge on any atom is 0.265 e. The Bertz CT molecular complexity index is 1120. The molecule has 2 aromatic heterocycles. The van der Waals surface area contributed by atoms with Crippen molar-refractivity contribution in [3.8, 4) is 5.75 Å². The van der Waals surface area contributed by atoms with E-state index >= 15 is 0 Å². The number of benzene rings is 1. The number of halogens is 2. The van der Waals surface area contributed by atoms with E-state index in [1.807, 2.05) is 0 Å². The topological polar surface area (TPSA) is 82.2 Å². The van der Waals surface area contributed by atoms with Crippen LogP contribution in [0.2, 0.25) is 10.0 Å². The predicted molar refractivity (Wildman–Crippen MR) is 110 cm³/mol. The van der Waals surface area contributed by atoms with Crippen LogP contribution < -0.4 is 10.9 Å². The minimum Gasteiger partial charge on any atom is -0.506 e. The lowest BCUT2D eigenvalue weighted by atomic mass is 9.89. The lowest BCUT2D eigenvalue weighted by Gasteiger charge is -2.18. The highest BCUT2D eigenvalue weighted by atomic mass is 35.5. The zero-order valence-electron chi connectivity index (χ0n) is 14.4. The molecule has 0 radical (unpaired) electrons. The maximum absolute atomic E-state index is 12.7. The van der Waals surface area contributed by atoms with Crippen LogP contribution in [0.1, 0.15) is 34.1 Å². The number of H-pyrrole nitrogens is 1. The number of aromatic hydroxyl groups is 1. The summed E-state index contributed by atoms with van der Waals surface area (Å²) in [5.41, 5.74) is 0.439. The number of carbonyl (C=O) groups is 1. The number of pyridine rings is 1. The fraction of sp³-hybridized carbons (Fsp3) is 0.263. The number of nitrogens with one attached hydrogen (secondary N) is 2. The fourth-order valence-electron chi connectivity index (χ4n) is 3.52. The van der Waals surface area contributed by atoms with Crippen LogP contribution in [0.4, 0.5) is 5.69 Å². The van der Waals surface area contributed by atoms with Crippen molar-refractivity contribution in [2.24, 2.45) is 5.92 Å². The molecule has 1 amide bonds. The quantitative estimate of drug-likeness (QED) is 0.544. The maximum atomic E-state index is 12.7. The van der Waals surface area contributed by atoms with Crippen molar-refractivity contribution < 1.29 is 9.90 Å². The third-order valence-corrected chi connectivity index (χ3v) is 6.39. The number of rotatable bonds is 2. The molecule has 3 N–H and O–H groups in total. The van der Waals surface area contributed by atoms with Gasteiger partial charge in [-0.3, -0.25) is 9.59 Å². The van der Waals surface area contributed by atoms with Crippen LogP contribution in [0.25, 0.3) is 10.2 Å². The largest absolute Gasteiger partial charge is 0.506 e. The van der Waals surface area contributed by atoms with Crippen LogP contribution >= 0.6 is 34.5 Å². The molecule has 0 bridgehead atoms. The minimum absolute atomic E-state index is 0.272. The highest BCUT2D eigenvalue weighted by molar-refractivity contribution is 7.18. The predicted octanol–water partition coefficient (Wildman–Crippen LogP) is 4.98. The normalized spacial score (nSPS) is 16.3. The van der Waals surface area contributed by atoms with Gasteiger partial charge in [-0.05, 0) is 48.9 Å². The molecule has 0 spiro atoms. The lowest BCUT2D eigenvalue weighted by Crippen LogP contribution is -2.23. The minimum atomic E-state index is -0.710. The van der Waals surface area contributed by atoms with Gasteiger partial charge in [-0.1, -0.05) is 30.1 Å². The van der Waals surface area contributed by atoms with Crippen LogP contribution in [-0.2, 0) is 12.8 Å². The Morgan fingerprint density at radius 1 is 1.30 bits per heavy atom. The second-order valence-electron chi connectivity index (χ2n) is 6.85. The summed E-state index contributed by atoms with van der Waals surface area (Å²) in [5, 5.41) is 14.6. The first-order valence-corrected chi connectivity index (χ1v) is 10.1. The van der Waals surface area contributed by atoms with Gasteiger partial charge in [-0.15, -0.1) is 11.3 Å². The molecular formula is C19H16Cl2N2O3S. The van der Waals surface area contributed by atoms with Gasteiger partial charge in [0, 0.05) is 20.6 Å². The van der Waals surface area contributed by atoms with Crippen molar-refractivity contribution in [1.29, 1.82) is 0 Å². The molecule has 4 rings (SSSR count). The number of carbonyl (C=O) groups excluding carboxylic acids is 1. The van der Waals surface area contributed by atoms with Gasteiger partial charge in [0.1, 0.15) is 16.1 Å². The van der Waals surface area contributed by atoms with Crippen molar-refractivity contribution in [2.75, 3.05) is 5.32 Å². The molecule has 3 aromatic rings. The molecule has 140 valence electrons.